The average Bonchev–Trinajstić information content (AvgIpc) is 2.74. The highest BCUT2D eigenvalue weighted by atomic mass is 32.2. The van der Waals surface area contributed by atoms with E-state index in [0.29, 0.717) is 17.3 Å². The van der Waals surface area contributed by atoms with Gasteiger partial charge >= 0.3 is 0 Å². The Morgan fingerprint density at radius 2 is 2.30 bits per heavy atom. The van der Waals surface area contributed by atoms with Crippen molar-refractivity contribution in [3.8, 4) is 0 Å². The lowest BCUT2D eigenvalue weighted by atomic mass is 10.1. The summed E-state index contributed by atoms with van der Waals surface area (Å²) < 4.78 is 23.7. The van der Waals surface area contributed by atoms with Crippen LogP contribution >= 0.6 is 24.0 Å². The number of hydrogen-bond acceptors (Lipinski definition) is 5. The molecule has 1 aliphatic rings. The normalized spacial score (nSPS) is 20.8. The Balaban J connectivity index is 2.20. The molecule has 0 aliphatic carbocycles. The van der Waals surface area contributed by atoms with E-state index in [9.17, 15) is 8.42 Å². The Morgan fingerprint density at radius 1 is 1.55 bits per heavy atom. The highest BCUT2D eigenvalue weighted by Gasteiger charge is 2.31. The van der Waals surface area contributed by atoms with Crippen molar-refractivity contribution >= 4 is 44.5 Å². The lowest BCUT2D eigenvalue weighted by Crippen LogP contribution is -2.26. The zero-order valence-electron chi connectivity index (χ0n) is 11.3. The van der Waals surface area contributed by atoms with Crippen molar-refractivity contribution in [3.05, 3.63) is 23.8 Å². The van der Waals surface area contributed by atoms with E-state index in [0.717, 1.165) is 29.0 Å². The zero-order chi connectivity index (χ0) is 14.8. The van der Waals surface area contributed by atoms with Crippen LogP contribution in [0.25, 0.3) is 0 Å². The van der Waals surface area contributed by atoms with Gasteiger partial charge in [0.2, 0.25) is 0 Å². The fourth-order valence-corrected chi connectivity index (χ4v) is 5.10. The zero-order valence-corrected chi connectivity index (χ0v) is 13.7. The van der Waals surface area contributed by atoms with Gasteiger partial charge in [-0.3, -0.25) is 0 Å². The van der Waals surface area contributed by atoms with Crippen LogP contribution in [0.1, 0.15) is 18.4 Å². The molecule has 0 bridgehead atoms. The molecule has 1 aromatic rings. The van der Waals surface area contributed by atoms with Gasteiger partial charge in [-0.2, -0.15) is 0 Å². The van der Waals surface area contributed by atoms with Crippen LogP contribution in [-0.2, 0) is 9.84 Å². The number of anilines is 1. The predicted octanol–water partition coefficient (Wildman–Crippen LogP) is 2.03. The topological polar surface area (TPSA) is 72.2 Å². The minimum atomic E-state index is -2.94. The smallest absolute Gasteiger partial charge is 0.154 e. The molecule has 0 amide bonds. The van der Waals surface area contributed by atoms with Gasteiger partial charge in [0.15, 0.2) is 9.84 Å². The van der Waals surface area contributed by atoms with E-state index in [4.69, 9.17) is 18.0 Å². The maximum atomic E-state index is 11.8. The van der Waals surface area contributed by atoms with Crippen molar-refractivity contribution in [2.24, 2.45) is 5.73 Å². The van der Waals surface area contributed by atoms with Crippen molar-refractivity contribution in [2.45, 2.75) is 23.0 Å². The largest absolute Gasteiger partial charge is 0.389 e. The molecule has 7 heteroatoms. The van der Waals surface area contributed by atoms with Gasteiger partial charge in [-0.1, -0.05) is 18.3 Å². The van der Waals surface area contributed by atoms with Crippen molar-refractivity contribution < 1.29 is 8.42 Å². The van der Waals surface area contributed by atoms with Crippen LogP contribution in [0, 0.1) is 0 Å². The van der Waals surface area contributed by atoms with Crippen molar-refractivity contribution in [1.29, 1.82) is 0 Å². The Morgan fingerprint density at radius 3 is 2.85 bits per heavy atom. The molecule has 0 saturated carbocycles. The van der Waals surface area contributed by atoms with Crippen LogP contribution in [0.5, 0.6) is 0 Å². The molecular formula is C13H18N2O2S3. The van der Waals surface area contributed by atoms with Crippen molar-refractivity contribution in [1.82, 2.24) is 0 Å². The first-order chi connectivity index (χ1) is 9.45. The Hall–Kier alpha value is -0.790. The molecule has 1 saturated heterocycles. The summed E-state index contributed by atoms with van der Waals surface area (Å²) in [5.41, 5.74) is 7.40. The highest BCUT2D eigenvalue weighted by Crippen LogP contribution is 2.28. The first kappa shape index (κ1) is 15.6. The summed E-state index contributed by atoms with van der Waals surface area (Å²) in [6.07, 6.45) is 3.43. The van der Waals surface area contributed by atoms with Gasteiger partial charge in [-0.25, -0.2) is 8.42 Å². The van der Waals surface area contributed by atoms with Gasteiger partial charge in [-0.05, 0) is 31.2 Å². The molecule has 1 atom stereocenters. The summed E-state index contributed by atoms with van der Waals surface area (Å²) in [6.45, 7) is 0.412. The van der Waals surface area contributed by atoms with E-state index in [-0.39, 0.29) is 5.25 Å². The second kappa shape index (κ2) is 6.32. The van der Waals surface area contributed by atoms with Crippen LogP contribution in [0.3, 0.4) is 0 Å². The summed E-state index contributed by atoms with van der Waals surface area (Å²) in [7, 11) is -2.94. The number of thioether (sulfide) groups is 1. The van der Waals surface area contributed by atoms with Crippen LogP contribution in [0.2, 0.25) is 0 Å². The molecule has 1 aliphatic heterocycles. The summed E-state index contributed by atoms with van der Waals surface area (Å²) in [6, 6.07) is 5.76. The molecule has 1 heterocycles. The number of sulfone groups is 1. The minimum absolute atomic E-state index is 0.298. The summed E-state index contributed by atoms with van der Waals surface area (Å²) >= 11 is 6.67. The molecule has 3 N–H and O–H groups in total. The summed E-state index contributed by atoms with van der Waals surface area (Å²) in [4.78, 5) is 1.32. The van der Waals surface area contributed by atoms with Crippen molar-refractivity contribution in [2.75, 3.05) is 23.9 Å². The fourth-order valence-electron chi connectivity index (χ4n) is 2.41. The fraction of sp³-hybridized carbons (Fsp3) is 0.462. The molecule has 0 spiro atoms. The summed E-state index contributed by atoms with van der Waals surface area (Å²) in [5.74, 6) is 0.298. The van der Waals surface area contributed by atoms with Crippen LogP contribution in [0.4, 0.5) is 5.69 Å². The first-order valence-corrected chi connectivity index (χ1v) is 9.73. The second-order valence-electron chi connectivity index (χ2n) is 4.76. The number of thiocarbonyl (C=S) groups is 1. The van der Waals surface area contributed by atoms with Gasteiger partial charge in [0.05, 0.1) is 11.0 Å². The maximum absolute atomic E-state index is 11.8. The summed E-state index contributed by atoms with van der Waals surface area (Å²) in [5, 5.41) is 2.90. The minimum Gasteiger partial charge on any atom is -0.389 e. The number of benzene rings is 1. The number of nitrogens with one attached hydrogen (secondary N) is 1. The Labute approximate surface area is 129 Å². The highest BCUT2D eigenvalue weighted by molar-refractivity contribution is 7.98. The monoisotopic (exact) mass is 330 g/mol. The third-order valence-corrected chi connectivity index (χ3v) is 6.74. The van der Waals surface area contributed by atoms with Gasteiger partial charge in [0, 0.05) is 22.7 Å². The van der Waals surface area contributed by atoms with E-state index in [1.807, 2.05) is 24.5 Å². The Kier molecular flexibility index (Phi) is 4.93. The molecule has 20 heavy (non-hydrogen) atoms. The quantitative estimate of drug-likeness (QED) is 0.636. The van der Waals surface area contributed by atoms with Crippen LogP contribution in [-0.4, -0.2) is 37.2 Å². The third-order valence-electron chi connectivity index (χ3n) is 3.48. The van der Waals surface area contributed by atoms with Gasteiger partial charge < -0.3 is 11.1 Å². The molecule has 2 rings (SSSR count). The first-order valence-electron chi connectivity index (χ1n) is 6.38. The van der Waals surface area contributed by atoms with Crippen LogP contribution < -0.4 is 11.1 Å². The lowest BCUT2D eigenvalue weighted by Gasteiger charge is -2.16. The molecule has 4 nitrogen and oxygen atoms in total. The molecule has 1 fully saturated rings. The maximum Gasteiger partial charge on any atom is 0.154 e. The Bertz CT molecular complexity index is 614. The number of hydrogen-bond donors (Lipinski definition) is 2. The lowest BCUT2D eigenvalue weighted by molar-refractivity contribution is 0.591. The van der Waals surface area contributed by atoms with Crippen molar-refractivity contribution in [3.63, 3.8) is 0 Å². The number of rotatable bonds is 5. The average molecular weight is 330 g/mol. The number of nitrogens with two attached hydrogens (primary N) is 1. The van der Waals surface area contributed by atoms with Crippen LogP contribution in [0.15, 0.2) is 23.1 Å². The van der Waals surface area contributed by atoms with Gasteiger partial charge in [-0.15, -0.1) is 11.8 Å². The SMILES string of the molecule is CSc1cccc(NCC2CCCS2(=O)=O)c1C(N)=S. The molecule has 0 aromatic heterocycles. The van der Waals surface area contributed by atoms with Gasteiger partial charge in [0.1, 0.15) is 4.99 Å². The van der Waals surface area contributed by atoms with E-state index < -0.39 is 9.84 Å². The molecular weight excluding hydrogens is 312 g/mol. The molecule has 1 unspecified atom stereocenters. The van der Waals surface area contributed by atoms with E-state index >= 15 is 0 Å². The van der Waals surface area contributed by atoms with Gasteiger partial charge in [0.25, 0.3) is 0 Å². The van der Waals surface area contributed by atoms with E-state index in [2.05, 4.69) is 5.32 Å². The van der Waals surface area contributed by atoms with E-state index in [1.54, 1.807) is 11.8 Å². The molecule has 0 radical (unpaired) electrons. The van der Waals surface area contributed by atoms with E-state index in [1.165, 1.54) is 0 Å². The standard InChI is InChI=1S/C13H18N2O2S3/c1-19-11-6-2-5-10(12(11)13(14)18)15-8-9-4-3-7-20(9,16)17/h2,5-6,9,15H,3-4,7-8H2,1H3,(H2,14,18). The molecule has 1 aromatic carbocycles. The predicted molar refractivity (Wildman–Crippen MR) is 89.4 cm³/mol. The third kappa shape index (κ3) is 3.27. The second-order valence-corrected chi connectivity index (χ2v) is 8.45. The molecule has 110 valence electrons.